The maximum Gasteiger partial charge on any atom is 0.191 e. The van der Waals surface area contributed by atoms with E-state index in [1.165, 1.54) is 12.8 Å². The van der Waals surface area contributed by atoms with Crippen molar-refractivity contribution in [1.82, 2.24) is 15.5 Å². The molecule has 0 amide bonds. The van der Waals surface area contributed by atoms with Crippen molar-refractivity contribution >= 4 is 16.8 Å². The molecule has 2 N–H and O–H groups in total. The van der Waals surface area contributed by atoms with E-state index >= 15 is 0 Å². The van der Waals surface area contributed by atoms with Crippen LogP contribution in [-0.4, -0.2) is 58.8 Å². The first kappa shape index (κ1) is 20.0. The van der Waals surface area contributed by atoms with Crippen molar-refractivity contribution in [2.45, 2.75) is 44.4 Å². The van der Waals surface area contributed by atoms with Gasteiger partial charge in [0.2, 0.25) is 0 Å². The van der Waals surface area contributed by atoms with Crippen LogP contribution in [0.3, 0.4) is 0 Å². The van der Waals surface area contributed by atoms with Crippen LogP contribution in [0.25, 0.3) is 0 Å². The minimum Gasteiger partial charge on any atom is -0.468 e. The number of hydrogen-bond donors (Lipinski definition) is 2. The number of nitrogens with one attached hydrogen (secondary N) is 2. The van der Waals surface area contributed by atoms with E-state index in [9.17, 15) is 4.21 Å². The Morgan fingerprint density at radius 3 is 2.64 bits per heavy atom. The molecule has 1 aliphatic heterocycles. The second-order valence-corrected chi connectivity index (χ2v) is 9.64. The highest BCUT2D eigenvalue weighted by Crippen LogP contribution is 2.24. The molecular formula is C18H32N4O2S. The fraction of sp³-hybridized carbons (Fsp3) is 0.722. The van der Waals surface area contributed by atoms with Gasteiger partial charge in [0.15, 0.2) is 5.96 Å². The summed E-state index contributed by atoms with van der Waals surface area (Å²) in [6, 6.07) is 4.18. The molecule has 0 radical (unpaired) electrons. The first-order valence-corrected chi connectivity index (χ1v) is 10.3. The van der Waals surface area contributed by atoms with Gasteiger partial charge in [0.25, 0.3) is 0 Å². The molecule has 1 aromatic heterocycles. The number of likely N-dealkylation sites (tertiary alicyclic amines) is 1. The lowest BCUT2D eigenvalue weighted by Crippen LogP contribution is -2.44. The number of aliphatic imine (C=N–C) groups is 1. The van der Waals surface area contributed by atoms with Crippen LogP contribution >= 0.6 is 0 Å². The van der Waals surface area contributed by atoms with Crippen LogP contribution in [0, 0.1) is 0 Å². The molecule has 1 aliphatic rings. The monoisotopic (exact) mass is 368 g/mol. The first-order valence-electron chi connectivity index (χ1n) is 9.02. The second kappa shape index (κ2) is 9.38. The Morgan fingerprint density at radius 2 is 2.08 bits per heavy atom. The van der Waals surface area contributed by atoms with Gasteiger partial charge in [-0.3, -0.25) is 14.1 Å². The number of rotatable bonds is 7. The van der Waals surface area contributed by atoms with E-state index < -0.39 is 10.8 Å². The number of guanidine groups is 1. The van der Waals surface area contributed by atoms with Crippen LogP contribution in [0.15, 0.2) is 27.8 Å². The van der Waals surface area contributed by atoms with Crippen molar-refractivity contribution in [1.29, 1.82) is 0 Å². The van der Waals surface area contributed by atoms with Crippen LogP contribution in [0.4, 0.5) is 0 Å². The Kier molecular flexibility index (Phi) is 7.50. The zero-order valence-corrected chi connectivity index (χ0v) is 16.7. The first-order chi connectivity index (χ1) is 11.9. The van der Waals surface area contributed by atoms with Gasteiger partial charge in [-0.2, -0.15) is 0 Å². The molecule has 7 heteroatoms. The Bertz CT molecular complexity index is 560. The summed E-state index contributed by atoms with van der Waals surface area (Å²) in [5.41, 5.74) is 0. The topological polar surface area (TPSA) is 69.9 Å². The van der Waals surface area contributed by atoms with Gasteiger partial charge in [-0.1, -0.05) is 0 Å². The van der Waals surface area contributed by atoms with Gasteiger partial charge in [-0.25, -0.2) is 0 Å². The molecule has 2 unspecified atom stereocenters. The summed E-state index contributed by atoms with van der Waals surface area (Å²) in [5.74, 6) is 2.33. The van der Waals surface area contributed by atoms with Gasteiger partial charge >= 0.3 is 0 Å². The lowest BCUT2D eigenvalue weighted by atomic mass is 10.2. The maximum atomic E-state index is 12.1. The highest BCUT2D eigenvalue weighted by molar-refractivity contribution is 7.86. The molecule has 2 atom stereocenters. The van der Waals surface area contributed by atoms with E-state index in [-0.39, 0.29) is 10.8 Å². The summed E-state index contributed by atoms with van der Waals surface area (Å²) >= 11 is 0. The molecule has 2 rings (SSSR count). The summed E-state index contributed by atoms with van der Waals surface area (Å²) in [6.45, 7) is 9.57. The van der Waals surface area contributed by atoms with Gasteiger partial charge in [0.05, 0.1) is 12.3 Å². The van der Waals surface area contributed by atoms with Crippen LogP contribution < -0.4 is 10.6 Å². The number of hydrogen-bond acceptors (Lipinski definition) is 4. The summed E-state index contributed by atoms with van der Waals surface area (Å²) in [7, 11) is 0.895. The minimum absolute atomic E-state index is 0.182. The highest BCUT2D eigenvalue weighted by Gasteiger charge is 2.25. The lowest BCUT2D eigenvalue weighted by Gasteiger charge is -2.26. The zero-order valence-electron chi connectivity index (χ0n) is 15.9. The molecule has 25 heavy (non-hydrogen) atoms. The third-order valence-electron chi connectivity index (χ3n) is 4.40. The Balaban J connectivity index is 1.84. The molecule has 0 saturated carbocycles. The average molecular weight is 369 g/mol. The average Bonchev–Trinajstić information content (AvgIpc) is 3.26. The smallest absolute Gasteiger partial charge is 0.191 e. The summed E-state index contributed by atoms with van der Waals surface area (Å²) < 4.78 is 17.6. The quantitative estimate of drug-likeness (QED) is 0.570. The van der Waals surface area contributed by atoms with E-state index in [0.29, 0.717) is 12.3 Å². The summed E-state index contributed by atoms with van der Waals surface area (Å²) in [5, 5.41) is 6.65. The third-order valence-corrected chi connectivity index (χ3v) is 6.34. The SMILES string of the molecule is CN=C(NCCS(=O)C(C)(C)C)NCC(c1ccco1)N1CCCC1. The molecule has 1 fully saturated rings. The lowest BCUT2D eigenvalue weighted by molar-refractivity contribution is 0.215. The summed E-state index contributed by atoms with van der Waals surface area (Å²) in [6.07, 6.45) is 4.21. The molecule has 1 saturated heterocycles. The van der Waals surface area contributed by atoms with E-state index in [0.717, 1.165) is 31.4 Å². The van der Waals surface area contributed by atoms with E-state index in [1.54, 1.807) is 13.3 Å². The van der Waals surface area contributed by atoms with Gasteiger partial charge in [0.1, 0.15) is 5.76 Å². The Labute approximate surface area is 153 Å². The zero-order chi connectivity index (χ0) is 18.3. The molecule has 0 aromatic carbocycles. The van der Waals surface area contributed by atoms with Crippen molar-refractivity contribution in [2.75, 3.05) is 39.0 Å². The van der Waals surface area contributed by atoms with Crippen LogP contribution in [0.5, 0.6) is 0 Å². The van der Waals surface area contributed by atoms with Crippen molar-refractivity contribution in [2.24, 2.45) is 4.99 Å². The van der Waals surface area contributed by atoms with Crippen molar-refractivity contribution in [3.63, 3.8) is 0 Å². The molecular weight excluding hydrogens is 336 g/mol. The van der Waals surface area contributed by atoms with Crippen LogP contribution in [0.1, 0.15) is 45.4 Å². The van der Waals surface area contributed by atoms with Crippen molar-refractivity contribution in [3.8, 4) is 0 Å². The van der Waals surface area contributed by atoms with Gasteiger partial charge in [-0.15, -0.1) is 0 Å². The standard InChI is InChI=1S/C18H32N4O2S/c1-18(2,3)25(23)13-9-20-17(19-4)21-14-15(16-8-7-12-24-16)22-10-5-6-11-22/h7-8,12,15H,5-6,9-11,13-14H2,1-4H3,(H2,19,20,21). The number of furan rings is 1. The maximum absolute atomic E-state index is 12.1. The van der Waals surface area contributed by atoms with Crippen LogP contribution in [-0.2, 0) is 10.8 Å². The molecule has 2 heterocycles. The van der Waals surface area contributed by atoms with Gasteiger partial charge < -0.3 is 15.1 Å². The highest BCUT2D eigenvalue weighted by atomic mass is 32.2. The van der Waals surface area contributed by atoms with E-state index in [1.807, 2.05) is 32.9 Å². The fourth-order valence-corrected chi connectivity index (χ4v) is 3.83. The van der Waals surface area contributed by atoms with E-state index in [2.05, 4.69) is 20.5 Å². The summed E-state index contributed by atoms with van der Waals surface area (Å²) in [4.78, 5) is 6.73. The Morgan fingerprint density at radius 1 is 1.36 bits per heavy atom. The predicted molar refractivity (Wildman–Crippen MR) is 104 cm³/mol. The predicted octanol–water partition coefficient (Wildman–Crippen LogP) is 2.13. The van der Waals surface area contributed by atoms with Gasteiger partial charge in [-0.05, 0) is 58.8 Å². The number of nitrogens with zero attached hydrogens (tertiary/aromatic N) is 2. The molecule has 1 aromatic rings. The molecule has 0 aliphatic carbocycles. The third kappa shape index (κ3) is 6.15. The Hall–Kier alpha value is -1.34. The normalized spacial score (nSPS) is 19.0. The van der Waals surface area contributed by atoms with Crippen LogP contribution in [0.2, 0.25) is 0 Å². The van der Waals surface area contributed by atoms with Gasteiger partial charge in [0, 0.05) is 41.4 Å². The van der Waals surface area contributed by atoms with E-state index in [4.69, 9.17) is 4.42 Å². The largest absolute Gasteiger partial charge is 0.468 e. The molecule has 0 bridgehead atoms. The molecule has 142 valence electrons. The minimum atomic E-state index is -0.863. The van der Waals surface area contributed by atoms with Crippen molar-refractivity contribution in [3.05, 3.63) is 24.2 Å². The second-order valence-electron chi connectivity index (χ2n) is 7.32. The fourth-order valence-electron chi connectivity index (χ4n) is 2.93. The molecule has 0 spiro atoms. The molecule has 6 nitrogen and oxygen atoms in total. The van der Waals surface area contributed by atoms with Crippen molar-refractivity contribution < 1.29 is 8.63 Å².